The molecule has 5 heteroatoms. The third-order valence-electron chi connectivity index (χ3n) is 0. The van der Waals surface area contributed by atoms with Crippen molar-refractivity contribution in [2.75, 3.05) is 0 Å². The SMILES string of the molecule is N.N.[CH-]=C(Cl)Cl.[Pt]. The number of hydrogen-bond acceptors (Lipinski definition) is 2. The summed E-state index contributed by atoms with van der Waals surface area (Å²) in [4.78, 5) is 0. The zero-order valence-corrected chi connectivity index (χ0v) is 7.35. The normalized spacial score (nSPS) is 3.71. The van der Waals surface area contributed by atoms with Gasteiger partial charge in [0.15, 0.2) is 0 Å². The van der Waals surface area contributed by atoms with Crippen LogP contribution in [0.1, 0.15) is 0 Å². The van der Waals surface area contributed by atoms with E-state index >= 15 is 0 Å². The Morgan fingerprint density at radius 1 is 1.14 bits per heavy atom. The van der Waals surface area contributed by atoms with Gasteiger partial charge in [-0.25, -0.2) is 0 Å². The first-order chi connectivity index (χ1) is 1.73. The standard InChI is InChI=1S/C2HCl2.2H3N.Pt/c1-2(3)4;;;/h1H;2*1H3;/q-1;;;. The van der Waals surface area contributed by atoms with E-state index in [1.54, 1.807) is 0 Å². The first kappa shape index (κ1) is 24.7. The second-order valence-electron chi connectivity index (χ2n) is 0.290. The summed E-state index contributed by atoms with van der Waals surface area (Å²) in [5.41, 5.74) is 0. The van der Waals surface area contributed by atoms with Gasteiger partial charge < -0.3 is 18.9 Å². The summed E-state index contributed by atoms with van der Waals surface area (Å²) < 4.78 is -0.139. The smallest absolute Gasteiger partial charge is 0 e. The topological polar surface area (TPSA) is 70.0 Å². The maximum absolute atomic E-state index is 4.73. The second-order valence-corrected chi connectivity index (χ2v) is 1.30. The Bertz CT molecular complexity index is 36.7. The van der Waals surface area contributed by atoms with Crippen LogP contribution in [0.25, 0.3) is 0 Å². The van der Waals surface area contributed by atoms with Crippen molar-refractivity contribution < 1.29 is 21.1 Å². The van der Waals surface area contributed by atoms with Crippen molar-refractivity contribution in [1.29, 1.82) is 0 Å². The fourth-order valence-corrected chi connectivity index (χ4v) is 0. The Hall–Kier alpha value is 0.928. The van der Waals surface area contributed by atoms with Gasteiger partial charge in [-0.15, -0.1) is 23.2 Å². The average molecular weight is 325 g/mol. The largest absolute Gasteiger partial charge is 0.482 e. The van der Waals surface area contributed by atoms with Crippen molar-refractivity contribution in [3.05, 3.63) is 11.1 Å². The summed E-state index contributed by atoms with van der Waals surface area (Å²) >= 11 is 9.47. The van der Waals surface area contributed by atoms with E-state index in [4.69, 9.17) is 23.2 Å². The molecule has 0 aliphatic heterocycles. The molecule has 0 atom stereocenters. The van der Waals surface area contributed by atoms with Gasteiger partial charge >= 0.3 is 0 Å². The van der Waals surface area contributed by atoms with E-state index in [2.05, 4.69) is 6.58 Å². The van der Waals surface area contributed by atoms with E-state index in [1.165, 1.54) is 0 Å². The van der Waals surface area contributed by atoms with Crippen LogP contribution in [0.5, 0.6) is 0 Å². The first-order valence-corrected chi connectivity index (χ1v) is 1.42. The Morgan fingerprint density at radius 2 is 1.14 bits per heavy atom. The van der Waals surface area contributed by atoms with Gasteiger partial charge in [-0.1, -0.05) is 4.49 Å². The predicted molar refractivity (Wildman–Crippen MR) is 29.6 cm³/mol. The molecule has 0 amide bonds. The van der Waals surface area contributed by atoms with Crippen LogP contribution in [0.4, 0.5) is 0 Å². The molecule has 0 saturated heterocycles. The summed E-state index contributed by atoms with van der Waals surface area (Å²) in [6, 6.07) is 0. The molecule has 0 heterocycles. The molecule has 0 radical (unpaired) electrons. The summed E-state index contributed by atoms with van der Waals surface area (Å²) in [5, 5.41) is 0. The van der Waals surface area contributed by atoms with Gasteiger partial charge in [-0.05, 0) is 0 Å². The van der Waals surface area contributed by atoms with Crippen LogP contribution in [-0.2, 0) is 21.1 Å². The van der Waals surface area contributed by atoms with Gasteiger partial charge in [0.25, 0.3) is 0 Å². The van der Waals surface area contributed by atoms with Crippen molar-refractivity contribution in [3.8, 4) is 0 Å². The van der Waals surface area contributed by atoms with Crippen molar-refractivity contribution in [1.82, 2.24) is 12.3 Å². The molecule has 0 aromatic heterocycles. The molecule has 0 aromatic carbocycles. The molecule has 0 aliphatic rings. The van der Waals surface area contributed by atoms with Crippen molar-refractivity contribution in [2.45, 2.75) is 0 Å². The van der Waals surface area contributed by atoms with Crippen molar-refractivity contribution >= 4 is 23.2 Å². The van der Waals surface area contributed by atoms with Gasteiger partial charge in [0.05, 0.1) is 0 Å². The third kappa shape index (κ3) is 195. The summed E-state index contributed by atoms with van der Waals surface area (Å²) in [6.45, 7) is 4.56. The van der Waals surface area contributed by atoms with E-state index in [1.807, 2.05) is 0 Å². The van der Waals surface area contributed by atoms with Gasteiger partial charge in [0, 0.05) is 21.1 Å². The van der Waals surface area contributed by atoms with Crippen LogP contribution in [0, 0.1) is 6.58 Å². The molecule has 0 fully saturated rings. The number of hydrogen-bond donors (Lipinski definition) is 2. The minimum Gasteiger partial charge on any atom is -0.482 e. The summed E-state index contributed by atoms with van der Waals surface area (Å²) in [7, 11) is 0. The van der Waals surface area contributed by atoms with Crippen LogP contribution in [-0.4, -0.2) is 0 Å². The molecule has 2 nitrogen and oxygen atoms in total. The Labute approximate surface area is 67.7 Å². The minimum atomic E-state index is -0.139. The van der Waals surface area contributed by atoms with Crippen LogP contribution in [0.15, 0.2) is 4.49 Å². The molecule has 0 bridgehead atoms. The van der Waals surface area contributed by atoms with Crippen LogP contribution in [0.3, 0.4) is 0 Å². The zero-order valence-electron chi connectivity index (χ0n) is 3.56. The maximum Gasteiger partial charge on any atom is 0 e. The van der Waals surface area contributed by atoms with E-state index < -0.39 is 0 Å². The van der Waals surface area contributed by atoms with E-state index in [0.717, 1.165) is 0 Å². The Kier molecular flexibility index (Phi) is 55.6. The average Bonchev–Trinajstić information content (AvgIpc) is 0.811. The maximum atomic E-state index is 4.73. The molecular formula is C2H7Cl2N2Pt-. The molecule has 6 N–H and O–H groups in total. The van der Waals surface area contributed by atoms with E-state index in [-0.39, 0.29) is 37.9 Å². The van der Waals surface area contributed by atoms with Gasteiger partial charge in [0.2, 0.25) is 0 Å². The first-order valence-electron chi connectivity index (χ1n) is 0.667. The van der Waals surface area contributed by atoms with E-state index in [0.29, 0.717) is 0 Å². The fourth-order valence-electron chi connectivity index (χ4n) is 0. The number of rotatable bonds is 0. The Balaban J connectivity index is -0.0000000150. The number of halogens is 2. The van der Waals surface area contributed by atoms with Gasteiger partial charge in [-0.2, -0.15) is 0 Å². The molecule has 7 heavy (non-hydrogen) atoms. The van der Waals surface area contributed by atoms with Gasteiger partial charge in [0.1, 0.15) is 0 Å². The van der Waals surface area contributed by atoms with E-state index in [9.17, 15) is 0 Å². The minimum absolute atomic E-state index is 0. The predicted octanol–water partition coefficient (Wildman–Crippen LogP) is 2.06. The van der Waals surface area contributed by atoms with Crippen LogP contribution in [0.2, 0.25) is 0 Å². The fraction of sp³-hybridized carbons (Fsp3) is 0. The molecule has 0 rings (SSSR count). The monoisotopic (exact) mass is 324 g/mol. The molecule has 0 spiro atoms. The molecule has 0 unspecified atom stereocenters. The molecule has 0 saturated carbocycles. The molecule has 0 aromatic rings. The van der Waals surface area contributed by atoms with Crippen molar-refractivity contribution in [3.63, 3.8) is 0 Å². The second kappa shape index (κ2) is 15.8. The molecular weight excluding hydrogens is 318 g/mol. The molecule has 50 valence electrons. The Morgan fingerprint density at radius 3 is 1.14 bits per heavy atom. The zero-order chi connectivity index (χ0) is 3.58. The summed E-state index contributed by atoms with van der Waals surface area (Å²) in [6.07, 6.45) is 0. The molecule has 0 aliphatic carbocycles. The third-order valence-corrected chi connectivity index (χ3v) is 0. The van der Waals surface area contributed by atoms with Crippen LogP contribution < -0.4 is 12.3 Å². The van der Waals surface area contributed by atoms with Crippen molar-refractivity contribution in [2.24, 2.45) is 0 Å². The quantitative estimate of drug-likeness (QED) is 0.669. The van der Waals surface area contributed by atoms with Crippen LogP contribution >= 0.6 is 23.2 Å². The van der Waals surface area contributed by atoms with Gasteiger partial charge in [-0.3, -0.25) is 0 Å². The summed E-state index contributed by atoms with van der Waals surface area (Å²) in [5.74, 6) is 0.